The number of esters is 1. The van der Waals surface area contributed by atoms with E-state index in [1.54, 1.807) is 14.2 Å². The molecule has 1 N–H and O–H groups in total. The van der Waals surface area contributed by atoms with Gasteiger partial charge >= 0.3 is 5.97 Å². The van der Waals surface area contributed by atoms with E-state index in [4.69, 9.17) is 18.9 Å². The molecule has 2 unspecified atom stereocenters. The Morgan fingerprint density at radius 2 is 2.00 bits per heavy atom. The number of aliphatic hydroxyl groups excluding tert-OH is 1. The van der Waals surface area contributed by atoms with E-state index in [0.29, 0.717) is 36.9 Å². The van der Waals surface area contributed by atoms with Gasteiger partial charge in [-0.1, -0.05) is 13.0 Å². The largest absolute Gasteiger partial charge is 0.493 e. The molecule has 0 radical (unpaired) electrons. The first kappa shape index (κ1) is 23.9. The molecular formula is C27H39NO6. The van der Waals surface area contributed by atoms with Gasteiger partial charge in [-0.2, -0.15) is 0 Å². The summed E-state index contributed by atoms with van der Waals surface area (Å²) in [4.78, 5) is 15.4. The van der Waals surface area contributed by atoms with Gasteiger partial charge in [0.25, 0.3) is 0 Å². The average molecular weight is 474 g/mol. The van der Waals surface area contributed by atoms with Crippen molar-refractivity contribution in [3.8, 4) is 11.5 Å². The smallest absolute Gasteiger partial charge is 0.310 e. The third kappa shape index (κ3) is 4.31. The van der Waals surface area contributed by atoms with Crippen LogP contribution in [0.15, 0.2) is 18.2 Å². The molecule has 2 aliphatic heterocycles. The summed E-state index contributed by atoms with van der Waals surface area (Å²) < 4.78 is 22.9. The van der Waals surface area contributed by atoms with E-state index in [1.165, 1.54) is 12.8 Å². The number of nitrogens with zero attached hydrogens (tertiary/aromatic N) is 1. The highest BCUT2D eigenvalue weighted by atomic mass is 16.6. The molecule has 2 saturated carbocycles. The first-order valence-corrected chi connectivity index (χ1v) is 12.8. The molecule has 7 nitrogen and oxygen atoms in total. The molecule has 0 aromatic heterocycles. The lowest BCUT2D eigenvalue weighted by molar-refractivity contribution is -0.147. The molecule has 34 heavy (non-hydrogen) atoms. The maximum absolute atomic E-state index is 13.1. The zero-order valence-electron chi connectivity index (χ0n) is 20.8. The fraction of sp³-hybridized carbons (Fsp3) is 0.741. The summed E-state index contributed by atoms with van der Waals surface area (Å²) in [5, 5.41) is 9.49. The van der Waals surface area contributed by atoms with Crippen LogP contribution in [0, 0.1) is 23.2 Å². The van der Waals surface area contributed by atoms with Crippen molar-refractivity contribution in [2.45, 2.75) is 63.7 Å². The minimum Gasteiger partial charge on any atom is -0.493 e. The van der Waals surface area contributed by atoms with Gasteiger partial charge in [0.1, 0.15) is 6.10 Å². The number of rotatable bonds is 9. The van der Waals surface area contributed by atoms with E-state index in [9.17, 15) is 9.90 Å². The van der Waals surface area contributed by atoms with Crippen molar-refractivity contribution in [3.05, 3.63) is 23.8 Å². The lowest BCUT2D eigenvalue weighted by atomic mass is 9.53. The standard InChI is InChI=1S/C27H39NO6/c1-26-8-4-9-27(17-33-27)24(26)13-19-20(25(30)34-23(19)14-26)16-28(10-5-11-29)15-18-6-7-21(31-2)22(12-18)32-3/h6-7,12,19-20,23-24,29H,4-5,8-11,13-17H2,1-3H3/t19-,20?,23-,24-,26-,27?/m1/s1. The van der Waals surface area contributed by atoms with Crippen LogP contribution in [-0.4, -0.2) is 68.2 Å². The average Bonchev–Trinajstić information content (AvgIpc) is 3.53. The summed E-state index contributed by atoms with van der Waals surface area (Å²) in [7, 11) is 3.27. The lowest BCUT2D eigenvalue weighted by Crippen LogP contribution is -2.51. The summed E-state index contributed by atoms with van der Waals surface area (Å²) in [5.41, 5.74) is 1.36. The van der Waals surface area contributed by atoms with Gasteiger partial charge in [-0.3, -0.25) is 9.69 Å². The minimum atomic E-state index is -0.133. The van der Waals surface area contributed by atoms with Gasteiger partial charge in [0.2, 0.25) is 0 Å². The number of benzene rings is 1. The fourth-order valence-corrected chi connectivity index (χ4v) is 7.21. The van der Waals surface area contributed by atoms with Crippen LogP contribution >= 0.6 is 0 Å². The van der Waals surface area contributed by atoms with Gasteiger partial charge in [-0.25, -0.2) is 0 Å². The molecule has 5 rings (SSSR count). The van der Waals surface area contributed by atoms with Crippen molar-refractivity contribution in [1.82, 2.24) is 4.90 Å². The number of aliphatic hydroxyl groups is 1. The summed E-state index contributed by atoms with van der Waals surface area (Å²) in [5.74, 6) is 1.97. The zero-order valence-corrected chi connectivity index (χ0v) is 20.8. The van der Waals surface area contributed by atoms with Gasteiger partial charge in [-0.05, 0) is 67.6 Å². The third-order valence-corrected chi connectivity index (χ3v) is 9.02. The highest BCUT2D eigenvalue weighted by molar-refractivity contribution is 5.75. The van der Waals surface area contributed by atoms with Crippen LogP contribution in [-0.2, 0) is 20.8 Å². The van der Waals surface area contributed by atoms with E-state index in [1.807, 2.05) is 18.2 Å². The van der Waals surface area contributed by atoms with Gasteiger partial charge in [0, 0.05) is 32.2 Å². The molecule has 188 valence electrons. The molecule has 1 spiro atoms. The second-order valence-electron chi connectivity index (χ2n) is 11.1. The van der Waals surface area contributed by atoms with Gasteiger partial charge < -0.3 is 24.1 Å². The van der Waals surface area contributed by atoms with Gasteiger partial charge in [-0.15, -0.1) is 0 Å². The molecule has 0 amide bonds. The van der Waals surface area contributed by atoms with Crippen molar-refractivity contribution < 1.29 is 28.8 Å². The van der Waals surface area contributed by atoms with Crippen LogP contribution in [0.2, 0.25) is 0 Å². The van der Waals surface area contributed by atoms with E-state index in [0.717, 1.165) is 38.0 Å². The van der Waals surface area contributed by atoms with Crippen LogP contribution in [0.1, 0.15) is 51.0 Å². The first-order chi connectivity index (χ1) is 16.4. The number of epoxide rings is 1. The Morgan fingerprint density at radius 3 is 2.71 bits per heavy atom. The second kappa shape index (κ2) is 9.32. The Hall–Kier alpha value is -1.83. The molecule has 7 heteroatoms. The summed E-state index contributed by atoms with van der Waals surface area (Å²) >= 11 is 0. The Kier molecular flexibility index (Phi) is 6.55. The molecule has 2 aliphatic carbocycles. The van der Waals surface area contributed by atoms with Crippen molar-refractivity contribution in [1.29, 1.82) is 0 Å². The number of hydrogen-bond acceptors (Lipinski definition) is 7. The van der Waals surface area contributed by atoms with Crippen LogP contribution in [0.4, 0.5) is 0 Å². The minimum absolute atomic E-state index is 0.0217. The van der Waals surface area contributed by atoms with Crippen molar-refractivity contribution in [2.75, 3.05) is 40.5 Å². The summed E-state index contributed by atoms with van der Waals surface area (Å²) in [6.45, 7) is 5.44. The lowest BCUT2D eigenvalue weighted by Gasteiger charge is -2.51. The molecule has 2 saturated heterocycles. The van der Waals surface area contributed by atoms with E-state index in [-0.39, 0.29) is 41.5 Å². The van der Waals surface area contributed by atoms with Crippen molar-refractivity contribution in [3.63, 3.8) is 0 Å². The van der Waals surface area contributed by atoms with Gasteiger partial charge in [0.15, 0.2) is 11.5 Å². The SMILES string of the molecule is COc1ccc(CN(CCCO)CC2C(=O)O[C@@H]3C[C@@]4(C)CCCC5(CO5)[C@@H]4C[C@H]23)cc1OC. The number of methoxy groups -OCH3 is 2. The highest BCUT2D eigenvalue weighted by Crippen LogP contribution is 2.62. The summed E-state index contributed by atoms with van der Waals surface area (Å²) in [6.07, 6.45) is 6.24. The molecule has 1 aromatic rings. The zero-order chi connectivity index (χ0) is 23.9. The molecule has 2 heterocycles. The maximum atomic E-state index is 13.1. The van der Waals surface area contributed by atoms with Crippen molar-refractivity contribution in [2.24, 2.45) is 23.2 Å². The normalized spacial score (nSPS) is 36.2. The van der Waals surface area contributed by atoms with E-state index < -0.39 is 0 Å². The number of ether oxygens (including phenoxy) is 4. The number of carbonyl (C=O) groups is 1. The highest BCUT2D eigenvalue weighted by Gasteiger charge is 2.65. The van der Waals surface area contributed by atoms with Crippen molar-refractivity contribution >= 4 is 5.97 Å². The Morgan fingerprint density at radius 1 is 1.21 bits per heavy atom. The van der Waals surface area contributed by atoms with Gasteiger partial charge in [0.05, 0.1) is 32.3 Å². The van der Waals surface area contributed by atoms with Crippen LogP contribution in [0.25, 0.3) is 0 Å². The molecular weight excluding hydrogens is 434 g/mol. The Balaban J connectivity index is 1.33. The maximum Gasteiger partial charge on any atom is 0.310 e. The molecule has 4 fully saturated rings. The van der Waals surface area contributed by atoms with Crippen LogP contribution in [0.3, 0.4) is 0 Å². The van der Waals surface area contributed by atoms with Crippen LogP contribution < -0.4 is 9.47 Å². The Labute approximate surface area is 202 Å². The quantitative estimate of drug-likeness (QED) is 0.435. The topological polar surface area (TPSA) is 80.8 Å². The molecule has 1 aromatic carbocycles. The Bertz CT molecular complexity index is 901. The number of carbonyl (C=O) groups excluding carboxylic acids is 1. The molecule has 0 bridgehead atoms. The fourth-order valence-electron chi connectivity index (χ4n) is 7.21. The third-order valence-electron chi connectivity index (χ3n) is 9.02. The van der Waals surface area contributed by atoms with Crippen LogP contribution in [0.5, 0.6) is 11.5 Å². The monoisotopic (exact) mass is 473 g/mol. The first-order valence-electron chi connectivity index (χ1n) is 12.8. The number of hydrogen-bond donors (Lipinski definition) is 1. The second-order valence-corrected chi connectivity index (χ2v) is 11.1. The predicted molar refractivity (Wildman–Crippen MR) is 127 cm³/mol. The van der Waals surface area contributed by atoms with E-state index in [2.05, 4.69) is 11.8 Å². The molecule has 4 aliphatic rings. The number of fused-ring (bicyclic) bond motifs is 3. The predicted octanol–water partition coefficient (Wildman–Crippen LogP) is 3.42. The summed E-state index contributed by atoms with van der Waals surface area (Å²) in [6, 6.07) is 5.94. The van der Waals surface area contributed by atoms with E-state index >= 15 is 0 Å². The molecule has 6 atom stereocenters.